The smallest absolute Gasteiger partial charge is 0 e. The number of rotatable bonds is 4. The normalized spacial score (nSPS) is 6.10. The molecule has 0 unspecified atom stereocenters. The predicted octanol–water partition coefficient (Wildman–Crippen LogP) is 0.994. The Morgan fingerprint density at radius 1 is 1.40 bits per heavy atom. The van der Waals surface area contributed by atoms with Crippen LogP contribution in [0.4, 0.5) is 0 Å². The van der Waals surface area contributed by atoms with Crippen molar-refractivity contribution in [2.24, 2.45) is 0 Å². The number of hydrogen-bond acceptors (Lipinski definition) is 2. The summed E-state index contributed by atoms with van der Waals surface area (Å²) in [6.45, 7) is 0.912. The monoisotopic (exact) mass is 322 g/mol. The van der Waals surface area contributed by atoms with Crippen LogP contribution < -0.4 is 5.32 Å². The van der Waals surface area contributed by atoms with Gasteiger partial charge in [0.15, 0.2) is 0 Å². The van der Waals surface area contributed by atoms with Crippen LogP contribution >= 0.6 is 0 Å². The molecule has 0 bridgehead atoms. The minimum absolute atomic E-state index is 0. The van der Waals surface area contributed by atoms with Crippen LogP contribution in [0.3, 0.4) is 0 Å². The summed E-state index contributed by atoms with van der Waals surface area (Å²) in [5, 5.41) is 2.92. The van der Waals surface area contributed by atoms with Crippen molar-refractivity contribution in [2.45, 2.75) is 12.8 Å². The van der Waals surface area contributed by atoms with Crippen LogP contribution in [0.1, 0.15) is 12.8 Å². The molecule has 1 N–H and O–H groups in total. The molecule has 0 amide bonds. The molecule has 0 radical (unpaired) electrons. The molecule has 0 spiro atoms. The Morgan fingerprint density at radius 2 is 1.90 bits per heavy atom. The van der Waals surface area contributed by atoms with Gasteiger partial charge in [-0.3, -0.25) is 6.29 Å². The maximum absolute atomic E-state index is 9.53. The van der Waals surface area contributed by atoms with E-state index in [4.69, 9.17) is 0 Å². The van der Waals surface area contributed by atoms with E-state index in [0.717, 1.165) is 13.0 Å². The van der Waals surface area contributed by atoms with E-state index in [1.165, 1.54) is 0 Å². The summed E-state index contributed by atoms with van der Waals surface area (Å²) >= 11 is 0. The van der Waals surface area contributed by atoms with Gasteiger partial charge < -0.3 is 25.0 Å². The zero-order valence-corrected chi connectivity index (χ0v) is 9.42. The fourth-order valence-corrected chi connectivity index (χ4v) is 0.337. The van der Waals surface area contributed by atoms with E-state index in [1.807, 2.05) is 13.3 Å². The van der Waals surface area contributed by atoms with Crippen molar-refractivity contribution >= 4 is 6.29 Å². The molecule has 0 aliphatic rings. The van der Waals surface area contributed by atoms with Crippen LogP contribution in [-0.4, -0.2) is 19.9 Å². The van der Waals surface area contributed by atoms with Crippen LogP contribution in [0, 0.1) is 14.9 Å². The fourth-order valence-electron chi connectivity index (χ4n) is 0.337. The van der Waals surface area contributed by atoms with Crippen LogP contribution in [0.5, 0.6) is 0 Å². The molecule has 2 nitrogen and oxygen atoms in total. The summed E-state index contributed by atoms with van der Waals surface area (Å²) < 4.78 is 0. The first-order chi connectivity index (χ1) is 3.41. The molecule has 66 valence electrons. The van der Waals surface area contributed by atoms with E-state index in [0.29, 0.717) is 6.42 Å². The maximum Gasteiger partial charge on any atom is 0 e. The van der Waals surface area contributed by atoms with Crippen molar-refractivity contribution in [3.8, 4) is 0 Å². The van der Waals surface area contributed by atoms with Crippen molar-refractivity contribution in [2.75, 3.05) is 13.6 Å². The molecular formula is C7H16NOOs-3. The second-order valence-corrected chi connectivity index (χ2v) is 1.35. The number of hydrogen-bond donors (Lipinski definition) is 1. The Morgan fingerprint density at radius 3 is 2.20 bits per heavy atom. The maximum atomic E-state index is 9.53. The van der Waals surface area contributed by atoms with Gasteiger partial charge in [-0.05, 0) is 13.6 Å². The standard InChI is InChI=1S/C5H10NO.2CH3.Os/c1-6-4-2-3-5-7;;;/h6H,2-4H2,1H3;2*1H3;/q3*-1;. The minimum atomic E-state index is 0. The van der Waals surface area contributed by atoms with Gasteiger partial charge in [-0.15, -0.1) is 0 Å². The third-order valence-electron chi connectivity index (χ3n) is 0.706. The molecule has 0 saturated heterocycles. The molecule has 0 heterocycles. The van der Waals surface area contributed by atoms with Crippen LogP contribution in [0.25, 0.3) is 0 Å². The Labute approximate surface area is 77.8 Å². The van der Waals surface area contributed by atoms with Gasteiger partial charge in [-0.2, -0.15) is 6.42 Å². The van der Waals surface area contributed by atoms with Crippen molar-refractivity contribution < 1.29 is 24.6 Å². The molecule has 0 aromatic rings. The van der Waals surface area contributed by atoms with Gasteiger partial charge >= 0.3 is 0 Å². The average molecular weight is 320 g/mol. The molecule has 0 rings (SSSR count). The van der Waals surface area contributed by atoms with Gasteiger partial charge in [-0.1, -0.05) is 6.42 Å². The molecule has 0 fully saturated rings. The quantitative estimate of drug-likeness (QED) is 0.618. The van der Waals surface area contributed by atoms with Gasteiger partial charge in [0.1, 0.15) is 0 Å². The van der Waals surface area contributed by atoms with Crippen molar-refractivity contribution in [3.63, 3.8) is 0 Å². The summed E-state index contributed by atoms with van der Waals surface area (Å²) in [7, 11) is 1.87. The largest absolute Gasteiger partial charge is 0.542 e. The molecular weight excluding hydrogens is 304 g/mol. The first kappa shape index (κ1) is 22.4. The van der Waals surface area contributed by atoms with E-state index in [1.54, 1.807) is 0 Å². The number of unbranched alkanes of at least 4 members (excludes halogenated alkanes) is 1. The predicted molar refractivity (Wildman–Crippen MR) is 41.7 cm³/mol. The van der Waals surface area contributed by atoms with E-state index in [9.17, 15) is 4.79 Å². The Bertz CT molecular complexity index is 50.9. The topological polar surface area (TPSA) is 29.1 Å². The summed E-state index contributed by atoms with van der Waals surface area (Å²) in [4.78, 5) is 9.53. The molecule has 0 aliphatic carbocycles. The average Bonchev–Trinajstić information content (AvgIpc) is 1.69. The van der Waals surface area contributed by atoms with Gasteiger partial charge in [-0.25, -0.2) is 0 Å². The minimum Gasteiger partial charge on any atom is -0.542 e. The van der Waals surface area contributed by atoms with E-state index in [-0.39, 0.29) is 34.6 Å². The van der Waals surface area contributed by atoms with Gasteiger partial charge in [0, 0.05) is 19.8 Å². The molecule has 0 aliphatic heterocycles. The molecule has 0 atom stereocenters. The molecule has 3 heteroatoms. The summed E-state index contributed by atoms with van der Waals surface area (Å²) in [5.74, 6) is 0. The molecule has 0 aromatic heterocycles. The Kier molecular flexibility index (Phi) is 51.3. The second kappa shape index (κ2) is 22.8. The SMILES string of the molecule is CNCCC[C-]=O.[CH3-].[CH3-].[Os]. The Hall–Kier alpha value is 0.266. The molecule has 0 saturated carbocycles. The second-order valence-electron chi connectivity index (χ2n) is 1.35. The van der Waals surface area contributed by atoms with Crippen LogP contribution in [-0.2, 0) is 24.6 Å². The summed E-state index contributed by atoms with van der Waals surface area (Å²) in [6.07, 6.45) is 3.27. The summed E-state index contributed by atoms with van der Waals surface area (Å²) in [6, 6.07) is 0. The van der Waals surface area contributed by atoms with Crippen LogP contribution in [0.15, 0.2) is 0 Å². The van der Waals surface area contributed by atoms with Gasteiger partial charge in [0.2, 0.25) is 0 Å². The van der Waals surface area contributed by atoms with Gasteiger partial charge in [0.05, 0.1) is 0 Å². The number of carbonyl (C=O) groups excluding carboxylic acids is 1. The zero-order chi connectivity index (χ0) is 5.54. The van der Waals surface area contributed by atoms with Crippen molar-refractivity contribution in [3.05, 3.63) is 14.9 Å². The third kappa shape index (κ3) is 24.0. The Balaban J connectivity index is -0.0000000600. The van der Waals surface area contributed by atoms with E-state index < -0.39 is 0 Å². The van der Waals surface area contributed by atoms with Crippen molar-refractivity contribution in [1.29, 1.82) is 0 Å². The van der Waals surface area contributed by atoms with E-state index >= 15 is 0 Å². The first-order valence-electron chi connectivity index (χ1n) is 2.41. The fraction of sp³-hybridized carbons (Fsp3) is 0.571. The third-order valence-corrected chi connectivity index (χ3v) is 0.706. The van der Waals surface area contributed by atoms with E-state index in [2.05, 4.69) is 5.32 Å². The van der Waals surface area contributed by atoms with Gasteiger partial charge in [0.25, 0.3) is 0 Å². The molecule has 10 heavy (non-hydrogen) atoms. The summed E-state index contributed by atoms with van der Waals surface area (Å²) in [5.41, 5.74) is 0. The molecule has 0 aromatic carbocycles. The zero-order valence-electron chi connectivity index (χ0n) is 6.88. The first-order valence-corrected chi connectivity index (χ1v) is 2.41. The number of nitrogens with one attached hydrogen (secondary N) is 1. The van der Waals surface area contributed by atoms with Crippen molar-refractivity contribution in [1.82, 2.24) is 5.32 Å². The van der Waals surface area contributed by atoms with Crippen LogP contribution in [0.2, 0.25) is 0 Å².